The Bertz CT molecular complexity index is 99.1. The van der Waals surface area contributed by atoms with Crippen LogP contribution >= 0.6 is 0 Å². The van der Waals surface area contributed by atoms with E-state index in [9.17, 15) is 0 Å². The first-order valence-corrected chi connectivity index (χ1v) is 4.34. The van der Waals surface area contributed by atoms with Gasteiger partial charge in [-0.1, -0.05) is 6.92 Å². The highest BCUT2D eigenvalue weighted by molar-refractivity contribution is 4.42. The molecule has 4 nitrogen and oxygen atoms in total. The summed E-state index contributed by atoms with van der Waals surface area (Å²) in [5, 5.41) is 10.4. The third kappa shape index (κ3) is 6.54. The fourth-order valence-electron chi connectivity index (χ4n) is 0.778. The molecule has 0 bridgehead atoms. The summed E-state index contributed by atoms with van der Waals surface area (Å²) in [7, 11) is 4.01. The molecule has 0 radical (unpaired) electrons. The normalized spacial score (nSPS) is 11.5. The Labute approximate surface area is 74.7 Å². The van der Waals surface area contributed by atoms with Crippen LogP contribution in [0.2, 0.25) is 0 Å². The summed E-state index contributed by atoms with van der Waals surface area (Å²) in [5.41, 5.74) is 0. The molecule has 0 unspecified atom stereocenters. The SMILES string of the molecule is CCN(CCO)OCCN(C)C. The van der Waals surface area contributed by atoms with Crippen LogP contribution in [0, 0.1) is 0 Å². The summed E-state index contributed by atoms with van der Waals surface area (Å²) in [6.07, 6.45) is 0. The number of aliphatic hydroxyl groups is 1. The number of nitrogens with zero attached hydrogens (tertiary/aromatic N) is 2. The molecule has 0 rings (SSSR count). The Morgan fingerprint density at radius 1 is 1.25 bits per heavy atom. The van der Waals surface area contributed by atoms with Crippen molar-refractivity contribution in [1.82, 2.24) is 9.96 Å². The molecule has 0 amide bonds. The van der Waals surface area contributed by atoms with E-state index in [1.165, 1.54) is 0 Å². The molecular weight excluding hydrogens is 156 g/mol. The van der Waals surface area contributed by atoms with Gasteiger partial charge in [0.25, 0.3) is 0 Å². The van der Waals surface area contributed by atoms with Crippen molar-refractivity contribution in [2.24, 2.45) is 0 Å². The first-order chi connectivity index (χ1) is 5.70. The Morgan fingerprint density at radius 2 is 1.92 bits per heavy atom. The minimum absolute atomic E-state index is 0.149. The van der Waals surface area contributed by atoms with E-state index in [1.807, 2.05) is 21.0 Å². The third-order valence-electron chi connectivity index (χ3n) is 1.51. The molecule has 0 spiro atoms. The second-order valence-corrected chi connectivity index (χ2v) is 2.88. The van der Waals surface area contributed by atoms with E-state index in [2.05, 4.69) is 4.90 Å². The quantitative estimate of drug-likeness (QED) is 0.545. The van der Waals surface area contributed by atoms with Crippen molar-refractivity contribution in [2.45, 2.75) is 6.92 Å². The summed E-state index contributed by atoms with van der Waals surface area (Å²) in [5.74, 6) is 0. The minimum Gasteiger partial charge on any atom is -0.395 e. The van der Waals surface area contributed by atoms with Gasteiger partial charge in [-0.15, -0.1) is 0 Å². The predicted molar refractivity (Wildman–Crippen MR) is 48.8 cm³/mol. The zero-order chi connectivity index (χ0) is 9.40. The molecular formula is C8H20N2O2. The highest BCUT2D eigenvalue weighted by Gasteiger charge is 2.00. The van der Waals surface area contributed by atoms with E-state index in [0.29, 0.717) is 13.2 Å². The fourth-order valence-corrected chi connectivity index (χ4v) is 0.778. The van der Waals surface area contributed by atoms with Gasteiger partial charge < -0.3 is 10.0 Å². The van der Waals surface area contributed by atoms with Crippen molar-refractivity contribution < 1.29 is 9.94 Å². The van der Waals surface area contributed by atoms with Crippen molar-refractivity contribution in [2.75, 3.05) is 46.9 Å². The molecule has 1 N–H and O–H groups in total. The van der Waals surface area contributed by atoms with Gasteiger partial charge in [0, 0.05) is 19.6 Å². The van der Waals surface area contributed by atoms with Gasteiger partial charge in [0.05, 0.1) is 13.2 Å². The molecule has 0 aliphatic rings. The molecule has 0 aliphatic carbocycles. The molecule has 0 saturated heterocycles. The van der Waals surface area contributed by atoms with Crippen molar-refractivity contribution in [3.8, 4) is 0 Å². The highest BCUT2D eigenvalue weighted by atomic mass is 16.7. The van der Waals surface area contributed by atoms with Crippen LogP contribution in [-0.4, -0.2) is 62.0 Å². The van der Waals surface area contributed by atoms with Gasteiger partial charge in [-0.3, -0.25) is 4.84 Å². The van der Waals surface area contributed by atoms with Gasteiger partial charge in [-0.05, 0) is 14.1 Å². The lowest BCUT2D eigenvalue weighted by Crippen LogP contribution is -2.30. The Kier molecular flexibility index (Phi) is 7.39. The second kappa shape index (κ2) is 7.49. The number of likely N-dealkylation sites (N-methyl/N-ethyl adjacent to an activating group) is 2. The number of hydroxylamine groups is 2. The monoisotopic (exact) mass is 176 g/mol. The van der Waals surface area contributed by atoms with E-state index in [4.69, 9.17) is 9.94 Å². The molecule has 0 aromatic heterocycles. The van der Waals surface area contributed by atoms with Crippen LogP contribution in [0.15, 0.2) is 0 Å². The number of aliphatic hydroxyl groups excluding tert-OH is 1. The Balaban J connectivity index is 3.31. The lowest BCUT2D eigenvalue weighted by molar-refractivity contribution is -0.162. The average Bonchev–Trinajstić information content (AvgIpc) is 2.02. The van der Waals surface area contributed by atoms with E-state index < -0.39 is 0 Å². The minimum atomic E-state index is 0.149. The van der Waals surface area contributed by atoms with Crippen LogP contribution in [0.4, 0.5) is 0 Å². The smallest absolute Gasteiger partial charge is 0.0811 e. The summed E-state index contributed by atoms with van der Waals surface area (Å²) < 4.78 is 0. The average molecular weight is 176 g/mol. The molecule has 12 heavy (non-hydrogen) atoms. The Morgan fingerprint density at radius 3 is 2.33 bits per heavy atom. The van der Waals surface area contributed by atoms with Gasteiger partial charge in [-0.2, -0.15) is 5.06 Å². The molecule has 74 valence electrons. The maximum absolute atomic E-state index is 8.64. The number of rotatable bonds is 7. The molecule has 0 atom stereocenters. The molecule has 0 aliphatic heterocycles. The van der Waals surface area contributed by atoms with E-state index >= 15 is 0 Å². The lowest BCUT2D eigenvalue weighted by Gasteiger charge is -2.19. The van der Waals surface area contributed by atoms with Gasteiger partial charge in [-0.25, -0.2) is 0 Å². The van der Waals surface area contributed by atoms with Crippen LogP contribution in [-0.2, 0) is 4.84 Å². The third-order valence-corrected chi connectivity index (χ3v) is 1.51. The highest BCUT2D eigenvalue weighted by Crippen LogP contribution is 1.89. The summed E-state index contributed by atoms with van der Waals surface area (Å²) in [4.78, 5) is 7.44. The number of hydrogen-bond acceptors (Lipinski definition) is 4. The molecule has 0 aromatic carbocycles. The topological polar surface area (TPSA) is 35.9 Å². The molecule has 0 aromatic rings. The van der Waals surface area contributed by atoms with Crippen LogP contribution in [0.5, 0.6) is 0 Å². The molecule has 0 fully saturated rings. The van der Waals surface area contributed by atoms with Gasteiger partial charge in [0.2, 0.25) is 0 Å². The summed E-state index contributed by atoms with van der Waals surface area (Å²) >= 11 is 0. The molecule has 4 heteroatoms. The number of hydrogen-bond donors (Lipinski definition) is 1. The maximum atomic E-state index is 8.64. The van der Waals surface area contributed by atoms with Gasteiger partial charge in [0.15, 0.2) is 0 Å². The van der Waals surface area contributed by atoms with Crippen LogP contribution in [0.25, 0.3) is 0 Å². The Hall–Kier alpha value is -0.160. The fraction of sp³-hybridized carbons (Fsp3) is 1.00. The van der Waals surface area contributed by atoms with Crippen molar-refractivity contribution in [1.29, 1.82) is 0 Å². The first kappa shape index (κ1) is 11.8. The van der Waals surface area contributed by atoms with Crippen molar-refractivity contribution in [3.63, 3.8) is 0 Å². The standard InChI is InChI=1S/C8H20N2O2/c1-4-10(5-7-11)12-8-6-9(2)3/h11H,4-8H2,1-3H3. The summed E-state index contributed by atoms with van der Waals surface area (Å²) in [6.45, 7) is 5.14. The molecule has 0 heterocycles. The molecule has 0 saturated carbocycles. The zero-order valence-electron chi connectivity index (χ0n) is 8.29. The van der Waals surface area contributed by atoms with Crippen LogP contribution in [0.3, 0.4) is 0 Å². The maximum Gasteiger partial charge on any atom is 0.0811 e. The van der Waals surface area contributed by atoms with Crippen molar-refractivity contribution >= 4 is 0 Å². The van der Waals surface area contributed by atoms with Crippen LogP contribution in [0.1, 0.15) is 6.92 Å². The van der Waals surface area contributed by atoms with E-state index in [-0.39, 0.29) is 6.61 Å². The first-order valence-electron chi connectivity index (χ1n) is 4.34. The van der Waals surface area contributed by atoms with E-state index in [0.717, 1.165) is 13.1 Å². The summed E-state index contributed by atoms with van der Waals surface area (Å²) in [6, 6.07) is 0. The van der Waals surface area contributed by atoms with Crippen molar-refractivity contribution in [3.05, 3.63) is 0 Å². The zero-order valence-corrected chi connectivity index (χ0v) is 8.29. The largest absolute Gasteiger partial charge is 0.395 e. The van der Waals surface area contributed by atoms with Crippen LogP contribution < -0.4 is 0 Å². The predicted octanol–water partition coefficient (Wildman–Crippen LogP) is -0.206. The lowest BCUT2D eigenvalue weighted by atomic mass is 10.6. The second-order valence-electron chi connectivity index (χ2n) is 2.88. The van der Waals surface area contributed by atoms with Gasteiger partial charge >= 0.3 is 0 Å². The van der Waals surface area contributed by atoms with Gasteiger partial charge in [0.1, 0.15) is 0 Å². The van der Waals surface area contributed by atoms with E-state index in [1.54, 1.807) is 5.06 Å².